The Morgan fingerprint density at radius 1 is 1.39 bits per heavy atom. The lowest BCUT2D eigenvalue weighted by molar-refractivity contribution is 0.0866. The predicted molar refractivity (Wildman–Crippen MR) is 79.7 cm³/mol. The molecule has 3 unspecified atom stereocenters. The molecule has 108 valence electrons. The molecule has 1 aliphatic heterocycles. The summed E-state index contributed by atoms with van der Waals surface area (Å²) >= 11 is 0. The summed E-state index contributed by atoms with van der Waals surface area (Å²) in [6.07, 6.45) is 2.38. The third-order valence-corrected chi connectivity index (χ3v) is 4.27. The van der Waals surface area contributed by atoms with Gasteiger partial charge in [0.05, 0.1) is 0 Å². The number of nitrogens with zero attached hydrogens (tertiary/aromatic N) is 2. The van der Waals surface area contributed by atoms with E-state index in [2.05, 4.69) is 51.6 Å². The van der Waals surface area contributed by atoms with Gasteiger partial charge in [-0.15, -0.1) is 0 Å². The second-order valence-corrected chi connectivity index (χ2v) is 7.24. The number of likely N-dealkylation sites (tertiary alicyclic amines) is 1. The van der Waals surface area contributed by atoms with Crippen LogP contribution < -0.4 is 5.73 Å². The lowest BCUT2D eigenvalue weighted by Gasteiger charge is -2.42. The molecule has 1 heterocycles. The molecule has 0 amide bonds. The fourth-order valence-corrected chi connectivity index (χ4v) is 3.55. The van der Waals surface area contributed by atoms with Gasteiger partial charge in [0, 0.05) is 25.2 Å². The zero-order valence-electron chi connectivity index (χ0n) is 13.2. The number of nitrogens with two attached hydrogens (primary N) is 1. The molecule has 3 atom stereocenters. The summed E-state index contributed by atoms with van der Waals surface area (Å²) in [4.78, 5) is 4.95. The molecule has 0 aromatic rings. The van der Waals surface area contributed by atoms with Gasteiger partial charge in [0.15, 0.2) is 0 Å². The highest BCUT2D eigenvalue weighted by Gasteiger charge is 2.34. The van der Waals surface area contributed by atoms with Gasteiger partial charge in [-0.25, -0.2) is 0 Å². The maximum atomic E-state index is 6.35. The Morgan fingerprint density at radius 3 is 2.39 bits per heavy atom. The Hall–Kier alpha value is -0.120. The number of likely N-dealkylation sites (N-methyl/N-ethyl adjacent to an activating group) is 1. The van der Waals surface area contributed by atoms with Crippen LogP contribution in [0.2, 0.25) is 0 Å². The molecule has 0 aliphatic carbocycles. The first-order chi connectivity index (χ1) is 8.25. The molecule has 0 saturated carbocycles. The van der Waals surface area contributed by atoms with Crippen LogP contribution in [-0.2, 0) is 0 Å². The van der Waals surface area contributed by atoms with Crippen molar-refractivity contribution in [3.63, 3.8) is 0 Å². The molecule has 1 rings (SSSR count). The molecular formula is C15H33N3. The van der Waals surface area contributed by atoms with Crippen molar-refractivity contribution in [1.29, 1.82) is 0 Å². The van der Waals surface area contributed by atoms with Gasteiger partial charge in [0.1, 0.15) is 0 Å². The van der Waals surface area contributed by atoms with Gasteiger partial charge in [0.25, 0.3) is 0 Å². The van der Waals surface area contributed by atoms with Crippen molar-refractivity contribution in [3.8, 4) is 0 Å². The highest BCUT2D eigenvalue weighted by molar-refractivity contribution is 4.91. The summed E-state index contributed by atoms with van der Waals surface area (Å²) in [5, 5.41) is 0. The van der Waals surface area contributed by atoms with Crippen molar-refractivity contribution in [2.45, 2.75) is 52.6 Å². The summed E-state index contributed by atoms with van der Waals surface area (Å²) in [5.74, 6) is 0.814. The molecule has 0 spiro atoms. The van der Waals surface area contributed by atoms with E-state index in [-0.39, 0.29) is 11.5 Å². The number of hydrogen-bond acceptors (Lipinski definition) is 3. The van der Waals surface area contributed by atoms with E-state index < -0.39 is 0 Å². The molecule has 3 nitrogen and oxygen atoms in total. The van der Waals surface area contributed by atoms with Crippen LogP contribution in [0.1, 0.15) is 40.5 Å². The normalized spacial score (nSPS) is 25.7. The number of rotatable bonds is 5. The second kappa shape index (κ2) is 6.36. The van der Waals surface area contributed by atoms with Crippen LogP contribution in [-0.4, -0.2) is 55.6 Å². The van der Waals surface area contributed by atoms with Crippen LogP contribution in [0.4, 0.5) is 0 Å². The molecule has 1 fully saturated rings. The van der Waals surface area contributed by atoms with E-state index in [0.717, 1.165) is 12.3 Å². The Labute approximate surface area is 114 Å². The minimum absolute atomic E-state index is 0.245. The van der Waals surface area contributed by atoms with Crippen molar-refractivity contribution >= 4 is 0 Å². The molecule has 18 heavy (non-hydrogen) atoms. The van der Waals surface area contributed by atoms with Gasteiger partial charge >= 0.3 is 0 Å². The van der Waals surface area contributed by atoms with Gasteiger partial charge < -0.3 is 15.5 Å². The summed E-state index contributed by atoms with van der Waals surface area (Å²) in [7, 11) is 4.47. The van der Waals surface area contributed by atoms with Crippen molar-refractivity contribution < 1.29 is 0 Å². The SMILES string of the molecule is CCC(N)C(N(C)CC1CCN(C)C1)C(C)(C)C. The summed E-state index contributed by atoms with van der Waals surface area (Å²) in [6.45, 7) is 12.8. The standard InChI is InChI=1S/C15H33N3/c1-7-13(16)14(15(2,3)4)18(6)11-12-8-9-17(5)10-12/h12-14H,7-11,16H2,1-6H3. The minimum atomic E-state index is 0.245. The van der Waals surface area contributed by atoms with Crippen LogP contribution in [0.3, 0.4) is 0 Å². The Bertz CT molecular complexity index is 247. The van der Waals surface area contributed by atoms with Gasteiger partial charge in [-0.2, -0.15) is 0 Å². The van der Waals surface area contributed by atoms with Crippen LogP contribution in [0.5, 0.6) is 0 Å². The van der Waals surface area contributed by atoms with Crippen LogP contribution >= 0.6 is 0 Å². The monoisotopic (exact) mass is 255 g/mol. The van der Waals surface area contributed by atoms with Crippen molar-refractivity contribution in [2.24, 2.45) is 17.1 Å². The molecule has 0 bridgehead atoms. The van der Waals surface area contributed by atoms with Gasteiger partial charge in [0.2, 0.25) is 0 Å². The molecule has 0 aromatic carbocycles. The predicted octanol–water partition coefficient (Wildman–Crippen LogP) is 2.02. The maximum absolute atomic E-state index is 6.35. The van der Waals surface area contributed by atoms with E-state index in [4.69, 9.17) is 5.73 Å². The van der Waals surface area contributed by atoms with Gasteiger partial charge in [-0.05, 0) is 44.8 Å². The van der Waals surface area contributed by atoms with E-state index in [1.54, 1.807) is 0 Å². The topological polar surface area (TPSA) is 32.5 Å². The van der Waals surface area contributed by atoms with E-state index in [0.29, 0.717) is 6.04 Å². The molecule has 2 N–H and O–H groups in total. The Kier molecular flexibility index (Phi) is 5.63. The quantitative estimate of drug-likeness (QED) is 0.816. The molecule has 0 aromatic heterocycles. The van der Waals surface area contributed by atoms with E-state index in [9.17, 15) is 0 Å². The van der Waals surface area contributed by atoms with Crippen LogP contribution in [0, 0.1) is 11.3 Å². The van der Waals surface area contributed by atoms with Crippen molar-refractivity contribution in [3.05, 3.63) is 0 Å². The largest absolute Gasteiger partial charge is 0.326 e. The first-order valence-electron chi connectivity index (χ1n) is 7.40. The highest BCUT2D eigenvalue weighted by Crippen LogP contribution is 2.28. The lowest BCUT2D eigenvalue weighted by atomic mass is 9.80. The molecule has 1 aliphatic rings. The third kappa shape index (κ3) is 4.22. The van der Waals surface area contributed by atoms with Crippen molar-refractivity contribution in [1.82, 2.24) is 9.80 Å². The lowest BCUT2D eigenvalue weighted by Crippen LogP contribution is -2.54. The first kappa shape index (κ1) is 15.9. The van der Waals surface area contributed by atoms with Crippen molar-refractivity contribution in [2.75, 3.05) is 33.7 Å². The Morgan fingerprint density at radius 2 is 2.00 bits per heavy atom. The summed E-state index contributed by atoms with van der Waals surface area (Å²) in [5.41, 5.74) is 6.60. The minimum Gasteiger partial charge on any atom is -0.326 e. The average molecular weight is 255 g/mol. The van der Waals surface area contributed by atoms with E-state index >= 15 is 0 Å². The molecule has 1 saturated heterocycles. The van der Waals surface area contributed by atoms with Gasteiger partial charge in [-0.3, -0.25) is 0 Å². The molecule has 3 heteroatoms. The zero-order chi connectivity index (χ0) is 13.9. The summed E-state index contributed by atoms with van der Waals surface area (Å²) in [6, 6.07) is 0.738. The zero-order valence-corrected chi connectivity index (χ0v) is 13.2. The second-order valence-electron chi connectivity index (χ2n) is 7.24. The average Bonchev–Trinajstić information content (AvgIpc) is 2.61. The van der Waals surface area contributed by atoms with E-state index in [1.807, 2.05) is 0 Å². The fraction of sp³-hybridized carbons (Fsp3) is 1.00. The third-order valence-electron chi connectivity index (χ3n) is 4.27. The number of hydrogen-bond donors (Lipinski definition) is 1. The van der Waals surface area contributed by atoms with Crippen LogP contribution in [0.15, 0.2) is 0 Å². The van der Waals surface area contributed by atoms with Crippen LogP contribution in [0.25, 0.3) is 0 Å². The highest BCUT2D eigenvalue weighted by atomic mass is 15.2. The van der Waals surface area contributed by atoms with E-state index in [1.165, 1.54) is 26.1 Å². The fourth-order valence-electron chi connectivity index (χ4n) is 3.55. The molecular weight excluding hydrogens is 222 g/mol. The summed E-state index contributed by atoms with van der Waals surface area (Å²) < 4.78 is 0. The van der Waals surface area contributed by atoms with Gasteiger partial charge in [-0.1, -0.05) is 27.7 Å². The Balaban J connectivity index is 2.62. The smallest absolute Gasteiger partial charge is 0.0292 e. The molecule has 0 radical (unpaired) electrons. The first-order valence-corrected chi connectivity index (χ1v) is 7.40. The maximum Gasteiger partial charge on any atom is 0.0292 e.